The summed E-state index contributed by atoms with van der Waals surface area (Å²) in [5, 5.41) is 8.51. The minimum atomic E-state index is -0.605. The normalized spacial score (nSPS) is 23.2. The molecule has 132 valence electrons. The van der Waals surface area contributed by atoms with Gasteiger partial charge in [0.25, 0.3) is 0 Å². The predicted octanol–water partition coefficient (Wildman–Crippen LogP) is 1.34. The number of carbonyl (C=O) groups is 1. The van der Waals surface area contributed by atoms with E-state index in [2.05, 4.69) is 0 Å². The van der Waals surface area contributed by atoms with Gasteiger partial charge >= 0.3 is 5.97 Å². The zero-order valence-electron chi connectivity index (χ0n) is 14.0. The van der Waals surface area contributed by atoms with Crippen LogP contribution >= 0.6 is 0 Å². The Kier molecular flexibility index (Phi) is 9.78. The molecule has 6 heteroatoms. The van der Waals surface area contributed by atoms with Crippen molar-refractivity contribution in [1.29, 1.82) is 0 Å². The van der Waals surface area contributed by atoms with Crippen LogP contribution in [0.4, 0.5) is 0 Å². The van der Waals surface area contributed by atoms with Gasteiger partial charge in [0.05, 0.1) is 51.7 Å². The van der Waals surface area contributed by atoms with Crippen molar-refractivity contribution in [1.82, 2.24) is 0 Å². The number of ether oxygens (including phenoxy) is 4. The van der Waals surface area contributed by atoms with E-state index >= 15 is 0 Å². The first-order chi connectivity index (χ1) is 11.1. The number of aliphatic hydroxyl groups is 1. The molecule has 0 fully saturated rings. The third-order valence-electron chi connectivity index (χ3n) is 3.78. The van der Waals surface area contributed by atoms with Crippen LogP contribution < -0.4 is 0 Å². The fraction of sp³-hybridized carbons (Fsp3) is 0.706. The second-order valence-corrected chi connectivity index (χ2v) is 5.51. The summed E-state index contributed by atoms with van der Waals surface area (Å²) in [7, 11) is 0. The van der Waals surface area contributed by atoms with Gasteiger partial charge in [0.15, 0.2) is 0 Å². The minimum Gasteiger partial charge on any atom is -0.463 e. The van der Waals surface area contributed by atoms with Gasteiger partial charge in [0.1, 0.15) is 6.61 Å². The monoisotopic (exact) mass is 328 g/mol. The third-order valence-corrected chi connectivity index (χ3v) is 3.78. The first kappa shape index (κ1) is 19.8. The molecule has 0 aromatic heterocycles. The minimum absolute atomic E-state index is 0.0196. The maximum Gasteiger partial charge on any atom is 0.316 e. The number of carbonyl (C=O) groups excluding carboxylic acids is 1. The van der Waals surface area contributed by atoms with E-state index in [9.17, 15) is 4.79 Å². The summed E-state index contributed by atoms with van der Waals surface area (Å²) in [4.78, 5) is 12.2. The highest BCUT2D eigenvalue weighted by Gasteiger charge is 2.37. The fourth-order valence-corrected chi connectivity index (χ4v) is 2.05. The van der Waals surface area contributed by atoms with Crippen LogP contribution in [0.1, 0.15) is 13.8 Å². The van der Waals surface area contributed by atoms with Crippen molar-refractivity contribution < 1.29 is 28.8 Å². The molecule has 0 radical (unpaired) electrons. The highest BCUT2D eigenvalue weighted by atomic mass is 16.6. The molecule has 1 aliphatic carbocycles. The average molecular weight is 328 g/mol. The first-order valence-corrected chi connectivity index (χ1v) is 7.98. The summed E-state index contributed by atoms with van der Waals surface area (Å²) >= 11 is 0. The molecule has 1 aliphatic rings. The van der Waals surface area contributed by atoms with E-state index in [1.807, 2.05) is 38.2 Å². The molecule has 2 unspecified atom stereocenters. The number of esters is 1. The molecule has 6 nitrogen and oxygen atoms in total. The molecule has 0 amide bonds. The van der Waals surface area contributed by atoms with E-state index in [1.54, 1.807) is 0 Å². The highest BCUT2D eigenvalue weighted by molar-refractivity contribution is 5.79. The van der Waals surface area contributed by atoms with Crippen molar-refractivity contribution in [2.24, 2.45) is 11.3 Å². The summed E-state index contributed by atoms with van der Waals surface area (Å²) in [6, 6.07) is 0. The van der Waals surface area contributed by atoms with Crippen LogP contribution in [-0.4, -0.2) is 63.9 Å². The first-order valence-electron chi connectivity index (χ1n) is 7.98. The molecular weight excluding hydrogens is 300 g/mol. The van der Waals surface area contributed by atoms with Gasteiger partial charge in [0.2, 0.25) is 0 Å². The standard InChI is InChI=1S/C17H28O6/c1-15-5-3-4-6-17(15,2)16(19)23-14-13-22-12-11-21-10-9-20-8-7-18/h3-6,15,18H,7-14H2,1-2H3. The molecule has 0 aliphatic heterocycles. The second-order valence-electron chi connectivity index (χ2n) is 5.51. The lowest BCUT2D eigenvalue weighted by Gasteiger charge is -2.30. The van der Waals surface area contributed by atoms with Gasteiger partial charge in [-0.1, -0.05) is 31.2 Å². The Morgan fingerprint density at radius 3 is 2.13 bits per heavy atom. The number of rotatable bonds is 12. The van der Waals surface area contributed by atoms with Gasteiger partial charge in [-0.2, -0.15) is 0 Å². The largest absolute Gasteiger partial charge is 0.463 e. The van der Waals surface area contributed by atoms with E-state index in [0.29, 0.717) is 39.6 Å². The Labute approximate surface area is 138 Å². The number of allylic oxidation sites excluding steroid dienone is 3. The van der Waals surface area contributed by atoms with Gasteiger partial charge in [0, 0.05) is 0 Å². The number of hydrogen-bond donors (Lipinski definition) is 1. The topological polar surface area (TPSA) is 74.2 Å². The molecule has 0 spiro atoms. The van der Waals surface area contributed by atoms with E-state index in [1.165, 1.54) is 0 Å². The van der Waals surface area contributed by atoms with Gasteiger partial charge in [-0.25, -0.2) is 0 Å². The van der Waals surface area contributed by atoms with E-state index in [0.717, 1.165) is 0 Å². The Bertz CT molecular complexity index is 393. The summed E-state index contributed by atoms with van der Waals surface area (Å²) < 4.78 is 21.0. The summed E-state index contributed by atoms with van der Waals surface area (Å²) in [6.45, 7) is 6.63. The van der Waals surface area contributed by atoms with Gasteiger partial charge in [-0.15, -0.1) is 0 Å². The molecule has 2 atom stereocenters. The molecule has 0 aromatic rings. The molecular formula is C17H28O6. The van der Waals surface area contributed by atoms with Crippen LogP contribution in [0.3, 0.4) is 0 Å². The van der Waals surface area contributed by atoms with Crippen molar-refractivity contribution >= 4 is 5.97 Å². The molecule has 0 aromatic carbocycles. The molecule has 23 heavy (non-hydrogen) atoms. The van der Waals surface area contributed by atoms with Gasteiger partial charge in [-0.3, -0.25) is 4.79 Å². The smallest absolute Gasteiger partial charge is 0.316 e. The van der Waals surface area contributed by atoms with Gasteiger partial charge in [-0.05, 0) is 12.8 Å². The van der Waals surface area contributed by atoms with Crippen LogP contribution in [0.25, 0.3) is 0 Å². The van der Waals surface area contributed by atoms with Crippen molar-refractivity contribution in [3.05, 3.63) is 24.3 Å². The SMILES string of the molecule is CC1C=CC=CC1(C)C(=O)OCCOCCOCCOCCO. The molecule has 0 heterocycles. The molecule has 0 saturated heterocycles. The van der Waals surface area contributed by atoms with Crippen LogP contribution in [0.2, 0.25) is 0 Å². The van der Waals surface area contributed by atoms with Crippen molar-refractivity contribution in [3.8, 4) is 0 Å². The maximum atomic E-state index is 12.2. The zero-order chi connectivity index (χ0) is 17.0. The quantitative estimate of drug-likeness (QED) is 0.430. The van der Waals surface area contributed by atoms with Crippen molar-refractivity contribution in [3.63, 3.8) is 0 Å². The van der Waals surface area contributed by atoms with Crippen LogP contribution in [0.15, 0.2) is 24.3 Å². The lowest BCUT2D eigenvalue weighted by molar-refractivity contribution is -0.155. The maximum absolute atomic E-state index is 12.2. The van der Waals surface area contributed by atoms with Crippen LogP contribution in [0.5, 0.6) is 0 Å². The molecule has 1 N–H and O–H groups in total. The van der Waals surface area contributed by atoms with Crippen molar-refractivity contribution in [2.75, 3.05) is 52.9 Å². The average Bonchev–Trinajstić information content (AvgIpc) is 2.55. The lowest BCUT2D eigenvalue weighted by atomic mass is 9.75. The molecule has 1 rings (SSSR count). The summed E-state index contributed by atoms with van der Waals surface area (Å²) in [5.74, 6) is -0.117. The third kappa shape index (κ3) is 7.26. The zero-order valence-corrected chi connectivity index (χ0v) is 14.0. The summed E-state index contributed by atoms with van der Waals surface area (Å²) in [6.07, 6.45) is 7.70. The Morgan fingerprint density at radius 2 is 1.57 bits per heavy atom. The fourth-order valence-electron chi connectivity index (χ4n) is 2.05. The van der Waals surface area contributed by atoms with Crippen molar-refractivity contribution in [2.45, 2.75) is 13.8 Å². The van der Waals surface area contributed by atoms with E-state index < -0.39 is 5.41 Å². The molecule has 0 bridgehead atoms. The Morgan fingerprint density at radius 1 is 1.00 bits per heavy atom. The van der Waals surface area contributed by atoms with E-state index in [4.69, 9.17) is 24.1 Å². The van der Waals surface area contributed by atoms with Crippen LogP contribution in [0, 0.1) is 11.3 Å². The van der Waals surface area contributed by atoms with Gasteiger partial charge < -0.3 is 24.1 Å². The van der Waals surface area contributed by atoms with E-state index in [-0.39, 0.29) is 25.1 Å². The second kappa shape index (κ2) is 11.3. The lowest BCUT2D eigenvalue weighted by Crippen LogP contribution is -2.35. The highest BCUT2D eigenvalue weighted by Crippen LogP contribution is 2.34. The Balaban J connectivity index is 2.00. The number of aliphatic hydroxyl groups excluding tert-OH is 1. The number of hydrogen-bond acceptors (Lipinski definition) is 6. The van der Waals surface area contributed by atoms with Crippen LogP contribution in [-0.2, 0) is 23.7 Å². The Hall–Kier alpha value is -1.21. The molecule has 0 saturated carbocycles. The predicted molar refractivity (Wildman–Crippen MR) is 86.1 cm³/mol. The summed E-state index contributed by atoms with van der Waals surface area (Å²) in [5.41, 5.74) is -0.605.